The van der Waals surface area contributed by atoms with Crippen LogP contribution in [0.15, 0.2) is 29.6 Å². The Morgan fingerprint density at radius 2 is 1.97 bits per heavy atom. The zero-order valence-electron chi connectivity index (χ0n) is 17.2. The van der Waals surface area contributed by atoms with Crippen LogP contribution < -0.4 is 27.1 Å². The topological polar surface area (TPSA) is 153 Å². The first-order valence-corrected chi connectivity index (χ1v) is 9.96. The predicted octanol–water partition coefficient (Wildman–Crippen LogP) is 2.45. The number of carbonyl (C=O) groups is 1. The molecule has 0 spiro atoms. The van der Waals surface area contributed by atoms with Crippen molar-refractivity contribution in [3.63, 3.8) is 0 Å². The summed E-state index contributed by atoms with van der Waals surface area (Å²) in [6, 6.07) is 2.99. The smallest absolute Gasteiger partial charge is 0.252 e. The van der Waals surface area contributed by atoms with Gasteiger partial charge in [-0.2, -0.15) is 5.10 Å². The van der Waals surface area contributed by atoms with Crippen molar-refractivity contribution in [1.29, 1.82) is 5.41 Å². The van der Waals surface area contributed by atoms with Crippen molar-refractivity contribution in [1.82, 2.24) is 15.3 Å². The quantitative estimate of drug-likeness (QED) is 0.265. The number of halogens is 1. The average molecular weight is 427 g/mol. The third-order valence-electron chi connectivity index (χ3n) is 5.04. The fourth-order valence-corrected chi connectivity index (χ4v) is 3.55. The van der Waals surface area contributed by atoms with Gasteiger partial charge >= 0.3 is 0 Å². The molecule has 2 heterocycles. The van der Waals surface area contributed by atoms with Crippen LogP contribution in [-0.4, -0.2) is 47.4 Å². The zero-order valence-corrected chi connectivity index (χ0v) is 17.2. The van der Waals surface area contributed by atoms with E-state index in [1.807, 2.05) is 7.05 Å². The van der Waals surface area contributed by atoms with Crippen molar-refractivity contribution >= 4 is 41.3 Å². The summed E-state index contributed by atoms with van der Waals surface area (Å²) < 4.78 is 14.7. The molecule has 1 fully saturated rings. The van der Waals surface area contributed by atoms with E-state index in [1.165, 1.54) is 18.6 Å². The van der Waals surface area contributed by atoms with Crippen LogP contribution in [-0.2, 0) is 0 Å². The van der Waals surface area contributed by atoms with Gasteiger partial charge in [-0.05, 0) is 32.0 Å². The molecule has 2 unspecified atom stereocenters. The van der Waals surface area contributed by atoms with Crippen molar-refractivity contribution in [2.45, 2.75) is 37.8 Å². The summed E-state index contributed by atoms with van der Waals surface area (Å²) in [7, 11) is 1.89. The molecule has 1 aliphatic carbocycles. The molecule has 0 aliphatic heterocycles. The Balaban J connectivity index is 1.87. The van der Waals surface area contributed by atoms with Crippen LogP contribution in [0.3, 0.4) is 0 Å². The fourth-order valence-electron chi connectivity index (χ4n) is 3.55. The minimum Gasteiger partial charge on any atom is -0.365 e. The Labute approximate surface area is 179 Å². The summed E-state index contributed by atoms with van der Waals surface area (Å²) in [5.41, 5.74) is 9.13. The van der Waals surface area contributed by atoms with Gasteiger partial charge in [0.25, 0.3) is 5.91 Å². The lowest BCUT2D eigenvalue weighted by molar-refractivity contribution is 0.100. The molecule has 0 saturated heterocycles. The van der Waals surface area contributed by atoms with Gasteiger partial charge in [0.1, 0.15) is 5.82 Å². The third kappa shape index (κ3) is 5.72. The molecular weight excluding hydrogens is 401 g/mol. The van der Waals surface area contributed by atoms with Gasteiger partial charge in [-0.25, -0.2) is 9.37 Å². The predicted molar refractivity (Wildman–Crippen MR) is 120 cm³/mol. The lowest BCUT2D eigenvalue weighted by atomic mass is 9.90. The summed E-state index contributed by atoms with van der Waals surface area (Å²) in [5, 5.41) is 20.2. The monoisotopic (exact) mass is 427 g/mol. The molecule has 11 heteroatoms. The Morgan fingerprint density at radius 1 is 1.23 bits per heavy atom. The van der Waals surface area contributed by atoms with Gasteiger partial charge in [0.15, 0.2) is 11.6 Å². The van der Waals surface area contributed by atoms with Gasteiger partial charge in [0.05, 0.1) is 35.5 Å². The van der Waals surface area contributed by atoms with Crippen molar-refractivity contribution in [2.75, 3.05) is 23.1 Å². The number of pyridine rings is 2. The molecule has 1 amide bonds. The van der Waals surface area contributed by atoms with E-state index in [-0.39, 0.29) is 29.3 Å². The van der Waals surface area contributed by atoms with Crippen molar-refractivity contribution in [3.8, 4) is 0 Å². The number of likely N-dealkylation sites (N-methyl/N-ethyl adjacent to an activating group) is 1. The van der Waals surface area contributed by atoms with Crippen LogP contribution in [0.25, 0.3) is 0 Å². The number of anilines is 4. The Hall–Kier alpha value is -3.60. The SMILES string of the molecule is CNC1CCCCC1Nc1nc(Nc2cncc(N/N=C\C=N)c2)c(C(N)=O)cc1F. The fraction of sp³-hybridized carbons (Fsp3) is 0.350. The number of hydrazone groups is 1. The molecule has 3 rings (SSSR count). The average Bonchev–Trinajstić information content (AvgIpc) is 2.76. The molecule has 2 atom stereocenters. The Morgan fingerprint density at radius 3 is 2.68 bits per heavy atom. The van der Waals surface area contributed by atoms with Crippen LogP contribution >= 0.6 is 0 Å². The number of nitrogens with two attached hydrogens (primary N) is 1. The van der Waals surface area contributed by atoms with Gasteiger partial charge in [-0.1, -0.05) is 12.8 Å². The maximum atomic E-state index is 14.7. The van der Waals surface area contributed by atoms with E-state index in [4.69, 9.17) is 11.1 Å². The molecule has 0 radical (unpaired) electrons. The number of hydrogen-bond donors (Lipinski definition) is 6. The molecule has 10 nitrogen and oxygen atoms in total. The Bertz CT molecular complexity index is 966. The van der Waals surface area contributed by atoms with Gasteiger partial charge in [-0.3, -0.25) is 15.2 Å². The van der Waals surface area contributed by atoms with Gasteiger partial charge in [0, 0.05) is 18.3 Å². The minimum absolute atomic E-state index is 0.0222. The maximum absolute atomic E-state index is 14.7. The number of primary amides is 1. The molecule has 7 N–H and O–H groups in total. The van der Waals surface area contributed by atoms with E-state index < -0.39 is 11.7 Å². The van der Waals surface area contributed by atoms with Crippen molar-refractivity contribution in [2.24, 2.45) is 10.8 Å². The summed E-state index contributed by atoms with van der Waals surface area (Å²) in [4.78, 5) is 20.3. The number of nitrogens with zero attached hydrogens (tertiary/aromatic N) is 3. The first kappa shape index (κ1) is 22.1. The second-order valence-electron chi connectivity index (χ2n) is 7.15. The second-order valence-corrected chi connectivity index (χ2v) is 7.15. The molecule has 164 valence electrons. The summed E-state index contributed by atoms with van der Waals surface area (Å²) in [6.07, 6.45) is 9.41. The highest BCUT2D eigenvalue weighted by molar-refractivity contribution is 6.14. The molecule has 0 aromatic carbocycles. The van der Waals surface area contributed by atoms with Gasteiger partial charge < -0.3 is 27.1 Å². The molecule has 1 saturated carbocycles. The molecule has 2 aromatic heterocycles. The van der Waals surface area contributed by atoms with E-state index in [2.05, 4.69) is 36.4 Å². The van der Waals surface area contributed by atoms with Crippen LogP contribution in [0.2, 0.25) is 0 Å². The van der Waals surface area contributed by atoms with E-state index in [0.29, 0.717) is 11.4 Å². The number of rotatable bonds is 9. The first-order chi connectivity index (χ1) is 15.0. The summed E-state index contributed by atoms with van der Waals surface area (Å²) in [6.45, 7) is 0. The lowest BCUT2D eigenvalue weighted by Gasteiger charge is -2.32. The molecule has 2 aromatic rings. The number of hydrogen-bond acceptors (Lipinski definition) is 9. The summed E-state index contributed by atoms with van der Waals surface area (Å²) in [5.74, 6) is -1.27. The van der Waals surface area contributed by atoms with Crippen LogP contribution in [0.4, 0.5) is 27.4 Å². The number of carbonyl (C=O) groups excluding carboxylic acids is 1. The molecular formula is C20H26FN9O. The van der Waals surface area contributed by atoms with Crippen molar-refractivity contribution < 1.29 is 9.18 Å². The first-order valence-electron chi connectivity index (χ1n) is 9.96. The van der Waals surface area contributed by atoms with Gasteiger partial charge in [-0.15, -0.1) is 0 Å². The second kappa shape index (κ2) is 10.4. The number of aromatic nitrogens is 2. The highest BCUT2D eigenvalue weighted by Crippen LogP contribution is 2.27. The standard InChI is InChI=1S/C20H26FN9O/c1-24-16-4-2-3-5-17(16)28-20-15(21)9-14(18(23)31)19(29-20)27-12-8-13(11-25-10-12)30-26-7-6-22/h6-11,16-17,22,24,30H,2-5H2,1H3,(H2,23,31)(H2,27,28,29)/b22-6?,26-7-. The highest BCUT2D eigenvalue weighted by Gasteiger charge is 2.26. The van der Waals surface area contributed by atoms with Crippen molar-refractivity contribution in [3.05, 3.63) is 35.9 Å². The number of nitrogens with one attached hydrogen (secondary N) is 5. The largest absolute Gasteiger partial charge is 0.365 e. The van der Waals surface area contributed by atoms with Crippen LogP contribution in [0.1, 0.15) is 36.0 Å². The highest BCUT2D eigenvalue weighted by atomic mass is 19.1. The zero-order chi connectivity index (χ0) is 22.2. The van der Waals surface area contributed by atoms with E-state index >= 15 is 0 Å². The summed E-state index contributed by atoms with van der Waals surface area (Å²) >= 11 is 0. The van der Waals surface area contributed by atoms with Crippen LogP contribution in [0.5, 0.6) is 0 Å². The molecule has 0 bridgehead atoms. The molecule has 31 heavy (non-hydrogen) atoms. The minimum atomic E-state index is -0.802. The van der Waals surface area contributed by atoms with E-state index in [1.54, 1.807) is 6.07 Å². The lowest BCUT2D eigenvalue weighted by Crippen LogP contribution is -2.45. The number of amides is 1. The van der Waals surface area contributed by atoms with Crippen LogP contribution in [0, 0.1) is 11.2 Å². The normalized spacial score (nSPS) is 18.5. The van der Waals surface area contributed by atoms with Gasteiger partial charge in [0.2, 0.25) is 0 Å². The third-order valence-corrected chi connectivity index (χ3v) is 5.04. The maximum Gasteiger partial charge on any atom is 0.252 e. The van der Waals surface area contributed by atoms with E-state index in [0.717, 1.165) is 38.0 Å². The Kier molecular flexibility index (Phi) is 7.44. The molecule has 1 aliphatic rings. The van der Waals surface area contributed by atoms with E-state index in [9.17, 15) is 9.18 Å².